The molecule has 0 aliphatic carbocycles. The number of rotatable bonds is 6. The monoisotopic (exact) mass is 390 g/mol. The van der Waals surface area contributed by atoms with Crippen LogP contribution in [-0.2, 0) is 0 Å². The Morgan fingerprint density at radius 3 is 2.24 bits per heavy atom. The van der Waals surface area contributed by atoms with Gasteiger partial charge in [0.15, 0.2) is 0 Å². The van der Waals surface area contributed by atoms with Gasteiger partial charge in [-0.15, -0.1) is 0 Å². The summed E-state index contributed by atoms with van der Waals surface area (Å²) in [5, 5.41) is 6.19. The van der Waals surface area contributed by atoms with Crippen molar-refractivity contribution in [2.75, 3.05) is 10.6 Å². The van der Waals surface area contributed by atoms with Crippen molar-refractivity contribution in [2.45, 2.75) is 40.7 Å². The summed E-state index contributed by atoms with van der Waals surface area (Å²) in [6.07, 6.45) is 0.122. The van der Waals surface area contributed by atoms with Crippen molar-refractivity contribution in [1.29, 1.82) is 0 Å². The number of anilines is 3. The van der Waals surface area contributed by atoms with Gasteiger partial charge in [-0.05, 0) is 70.0 Å². The molecule has 1 amide bonds. The number of ether oxygens (including phenoxy) is 1. The van der Waals surface area contributed by atoms with Gasteiger partial charge in [0.05, 0.1) is 6.10 Å². The number of benzene rings is 2. The summed E-state index contributed by atoms with van der Waals surface area (Å²) < 4.78 is 5.66. The molecule has 0 aliphatic rings. The zero-order chi connectivity index (χ0) is 21.0. The van der Waals surface area contributed by atoms with Crippen LogP contribution in [0.1, 0.15) is 41.3 Å². The molecule has 0 atom stereocenters. The van der Waals surface area contributed by atoms with E-state index in [9.17, 15) is 4.79 Å². The van der Waals surface area contributed by atoms with Crippen molar-refractivity contribution >= 4 is 23.1 Å². The lowest BCUT2D eigenvalue weighted by atomic mass is 10.1. The Balaban J connectivity index is 1.78. The van der Waals surface area contributed by atoms with E-state index in [0.29, 0.717) is 17.3 Å². The summed E-state index contributed by atoms with van der Waals surface area (Å²) in [5.74, 6) is 1.61. The number of aryl methyl sites for hydroxylation is 3. The highest BCUT2D eigenvalue weighted by Crippen LogP contribution is 2.22. The van der Waals surface area contributed by atoms with E-state index >= 15 is 0 Å². The second-order valence-corrected chi connectivity index (χ2v) is 7.22. The maximum absolute atomic E-state index is 12.8. The van der Waals surface area contributed by atoms with E-state index in [-0.39, 0.29) is 12.0 Å². The summed E-state index contributed by atoms with van der Waals surface area (Å²) in [4.78, 5) is 21.5. The molecule has 1 heterocycles. The summed E-state index contributed by atoms with van der Waals surface area (Å²) in [7, 11) is 0. The van der Waals surface area contributed by atoms with E-state index < -0.39 is 0 Å². The molecule has 3 aromatic rings. The molecule has 0 fully saturated rings. The fourth-order valence-corrected chi connectivity index (χ4v) is 2.97. The van der Waals surface area contributed by atoms with Crippen LogP contribution in [0.15, 0.2) is 48.5 Å². The van der Waals surface area contributed by atoms with Gasteiger partial charge in [-0.1, -0.05) is 18.2 Å². The van der Waals surface area contributed by atoms with Gasteiger partial charge in [-0.3, -0.25) is 4.79 Å². The first kappa shape index (κ1) is 20.3. The van der Waals surface area contributed by atoms with Gasteiger partial charge >= 0.3 is 0 Å². The lowest BCUT2D eigenvalue weighted by Crippen LogP contribution is -2.16. The maximum atomic E-state index is 12.8. The van der Waals surface area contributed by atoms with E-state index in [2.05, 4.69) is 20.6 Å². The third-order valence-corrected chi connectivity index (χ3v) is 4.29. The van der Waals surface area contributed by atoms with Gasteiger partial charge in [0.25, 0.3) is 5.91 Å². The minimum absolute atomic E-state index is 0.122. The number of carbonyl (C=O) groups excluding carboxylic acids is 1. The molecule has 2 aromatic carbocycles. The lowest BCUT2D eigenvalue weighted by molar-refractivity contribution is 0.102. The highest BCUT2D eigenvalue weighted by molar-refractivity contribution is 6.04. The number of nitrogens with one attached hydrogen (secondary N) is 2. The molecular weight excluding hydrogens is 364 g/mol. The lowest BCUT2D eigenvalue weighted by Gasteiger charge is -2.13. The van der Waals surface area contributed by atoms with E-state index in [1.165, 1.54) is 0 Å². The first-order valence-corrected chi connectivity index (χ1v) is 9.59. The minimum Gasteiger partial charge on any atom is -0.491 e. The molecule has 6 heteroatoms. The average Bonchev–Trinajstić information content (AvgIpc) is 2.65. The number of hydrogen-bond donors (Lipinski definition) is 2. The molecule has 0 bridgehead atoms. The predicted octanol–water partition coefficient (Wildman–Crippen LogP) is 5.18. The second kappa shape index (κ2) is 8.73. The summed E-state index contributed by atoms with van der Waals surface area (Å²) in [5.41, 5.74) is 3.98. The molecule has 0 unspecified atom stereocenters. The summed E-state index contributed by atoms with van der Waals surface area (Å²) >= 11 is 0. The molecule has 0 saturated heterocycles. The first-order valence-electron chi connectivity index (χ1n) is 9.59. The smallest absolute Gasteiger partial charge is 0.274 e. The predicted molar refractivity (Wildman–Crippen MR) is 116 cm³/mol. The summed E-state index contributed by atoms with van der Waals surface area (Å²) in [6, 6.07) is 15.2. The Morgan fingerprint density at radius 2 is 1.62 bits per heavy atom. The third kappa shape index (κ3) is 5.31. The molecule has 3 rings (SSSR count). The fraction of sp³-hybridized carbons (Fsp3) is 0.261. The Bertz CT molecular complexity index is 994. The van der Waals surface area contributed by atoms with Crippen LogP contribution in [-0.4, -0.2) is 22.0 Å². The van der Waals surface area contributed by atoms with Crippen molar-refractivity contribution in [3.8, 4) is 5.75 Å². The minimum atomic E-state index is -0.267. The molecule has 29 heavy (non-hydrogen) atoms. The van der Waals surface area contributed by atoms with Gasteiger partial charge in [0.2, 0.25) is 0 Å². The molecule has 6 nitrogen and oxygen atoms in total. The van der Waals surface area contributed by atoms with Crippen molar-refractivity contribution in [2.24, 2.45) is 0 Å². The number of amides is 1. The molecule has 0 radical (unpaired) electrons. The quantitative estimate of drug-likeness (QED) is 0.606. The van der Waals surface area contributed by atoms with Gasteiger partial charge in [-0.25, -0.2) is 9.97 Å². The molecule has 150 valence electrons. The maximum Gasteiger partial charge on any atom is 0.274 e. The SMILES string of the molecule is Cc1nc(Nc2ccc(OC(C)C)cc2)cc(C(=O)Nc2c(C)cccc2C)n1. The van der Waals surface area contributed by atoms with Gasteiger partial charge < -0.3 is 15.4 Å². The van der Waals surface area contributed by atoms with Gasteiger partial charge in [0.1, 0.15) is 23.1 Å². The number of hydrogen-bond acceptors (Lipinski definition) is 5. The molecule has 0 spiro atoms. The topological polar surface area (TPSA) is 76.1 Å². The standard InChI is InChI=1S/C23H26N4O2/c1-14(2)29-19-11-9-18(10-12-19)26-21-13-20(24-17(5)25-21)23(28)27-22-15(3)7-6-8-16(22)4/h6-14H,1-5H3,(H,27,28)(H,24,25,26). The first-order chi connectivity index (χ1) is 13.8. The Morgan fingerprint density at radius 1 is 0.966 bits per heavy atom. The third-order valence-electron chi connectivity index (χ3n) is 4.29. The highest BCUT2D eigenvalue weighted by atomic mass is 16.5. The molecule has 0 saturated carbocycles. The van der Waals surface area contributed by atoms with Crippen LogP contribution in [0.3, 0.4) is 0 Å². The Kier molecular flexibility index (Phi) is 6.12. The summed E-state index contributed by atoms with van der Waals surface area (Å²) in [6.45, 7) is 9.67. The van der Waals surface area contributed by atoms with Crippen LogP contribution >= 0.6 is 0 Å². The van der Waals surface area contributed by atoms with Crippen molar-refractivity contribution in [1.82, 2.24) is 9.97 Å². The zero-order valence-corrected chi connectivity index (χ0v) is 17.4. The van der Waals surface area contributed by atoms with Crippen LogP contribution in [0.2, 0.25) is 0 Å². The van der Waals surface area contributed by atoms with E-state index in [0.717, 1.165) is 28.3 Å². The number of aromatic nitrogens is 2. The van der Waals surface area contributed by atoms with Crippen LogP contribution in [0.4, 0.5) is 17.2 Å². The van der Waals surface area contributed by atoms with Crippen LogP contribution < -0.4 is 15.4 Å². The zero-order valence-electron chi connectivity index (χ0n) is 17.4. The largest absolute Gasteiger partial charge is 0.491 e. The van der Waals surface area contributed by atoms with Crippen molar-refractivity contribution in [3.05, 3.63) is 71.2 Å². The van der Waals surface area contributed by atoms with E-state index in [1.807, 2.05) is 70.2 Å². The molecule has 1 aromatic heterocycles. The van der Waals surface area contributed by atoms with E-state index in [1.54, 1.807) is 13.0 Å². The van der Waals surface area contributed by atoms with Crippen LogP contribution in [0, 0.1) is 20.8 Å². The Hall–Kier alpha value is -3.41. The average molecular weight is 390 g/mol. The fourth-order valence-electron chi connectivity index (χ4n) is 2.97. The molecule has 2 N–H and O–H groups in total. The van der Waals surface area contributed by atoms with Gasteiger partial charge in [0, 0.05) is 17.4 Å². The van der Waals surface area contributed by atoms with E-state index in [4.69, 9.17) is 4.74 Å². The normalized spacial score (nSPS) is 10.7. The molecular formula is C23H26N4O2. The molecule has 0 aliphatic heterocycles. The van der Waals surface area contributed by atoms with Crippen molar-refractivity contribution in [3.63, 3.8) is 0 Å². The number of para-hydroxylation sites is 1. The number of carbonyl (C=O) groups is 1. The number of nitrogens with zero attached hydrogens (tertiary/aromatic N) is 2. The Labute approximate surface area is 171 Å². The second-order valence-electron chi connectivity index (χ2n) is 7.22. The van der Waals surface area contributed by atoms with Gasteiger partial charge in [-0.2, -0.15) is 0 Å². The van der Waals surface area contributed by atoms with Crippen LogP contribution in [0.5, 0.6) is 5.75 Å². The van der Waals surface area contributed by atoms with Crippen LogP contribution in [0.25, 0.3) is 0 Å². The highest BCUT2D eigenvalue weighted by Gasteiger charge is 2.13. The van der Waals surface area contributed by atoms with Crippen molar-refractivity contribution < 1.29 is 9.53 Å².